The number of ether oxygens (including phenoxy) is 3. The monoisotopic (exact) mass is 624 g/mol. The first kappa shape index (κ1) is 27.5. The Labute approximate surface area is 226 Å². The SMILES string of the molecule is CCOc1cc(/C=C2\SC(=O)N(CC(=O)OC(C)C)C2=O)cc(I)c1OCC(=O)Nc1ccccc1. The highest BCUT2D eigenvalue weighted by molar-refractivity contribution is 14.1. The van der Waals surface area contributed by atoms with E-state index in [1.165, 1.54) is 0 Å². The summed E-state index contributed by atoms with van der Waals surface area (Å²) in [6.07, 6.45) is 1.20. The molecular formula is C25H25IN2O7S. The lowest BCUT2D eigenvalue weighted by atomic mass is 10.2. The van der Waals surface area contributed by atoms with Crippen molar-refractivity contribution in [3.63, 3.8) is 0 Å². The molecule has 3 amide bonds. The average Bonchev–Trinajstić information content (AvgIpc) is 3.06. The number of carbonyl (C=O) groups excluding carboxylic acids is 4. The third-order valence-electron chi connectivity index (χ3n) is 4.56. The standard InChI is InChI=1S/C25H25IN2O7S/c1-4-33-19-11-16(12-20-24(31)28(25(32)36-20)13-22(30)35-15(2)3)10-18(26)23(19)34-14-21(29)27-17-8-6-5-7-9-17/h5-12,15H,4,13-14H2,1-3H3,(H,27,29)/b20-12-. The Morgan fingerprint density at radius 2 is 1.86 bits per heavy atom. The molecule has 36 heavy (non-hydrogen) atoms. The molecule has 0 spiro atoms. The molecule has 1 aliphatic heterocycles. The Hall–Kier alpha value is -3.06. The molecule has 2 aromatic carbocycles. The lowest BCUT2D eigenvalue weighted by Gasteiger charge is -2.15. The minimum atomic E-state index is -0.653. The summed E-state index contributed by atoms with van der Waals surface area (Å²) < 4.78 is 17.2. The largest absolute Gasteiger partial charge is 0.490 e. The second-order valence-corrected chi connectivity index (χ2v) is 9.93. The highest BCUT2D eigenvalue weighted by Crippen LogP contribution is 2.37. The van der Waals surface area contributed by atoms with Gasteiger partial charge >= 0.3 is 5.97 Å². The van der Waals surface area contributed by atoms with Crippen LogP contribution in [0, 0.1) is 3.57 Å². The smallest absolute Gasteiger partial charge is 0.326 e. The zero-order chi connectivity index (χ0) is 26.2. The molecule has 0 aromatic heterocycles. The van der Waals surface area contributed by atoms with E-state index in [1.807, 2.05) is 25.1 Å². The minimum Gasteiger partial charge on any atom is -0.490 e. The number of halogens is 1. The lowest BCUT2D eigenvalue weighted by Crippen LogP contribution is -2.35. The third-order valence-corrected chi connectivity index (χ3v) is 6.27. The van der Waals surface area contributed by atoms with Crippen LogP contribution in [0.2, 0.25) is 0 Å². The van der Waals surface area contributed by atoms with E-state index in [-0.39, 0.29) is 23.5 Å². The Morgan fingerprint density at radius 3 is 2.53 bits per heavy atom. The van der Waals surface area contributed by atoms with Gasteiger partial charge in [-0.25, -0.2) is 0 Å². The zero-order valence-electron chi connectivity index (χ0n) is 19.9. The van der Waals surface area contributed by atoms with Gasteiger partial charge in [0.15, 0.2) is 18.1 Å². The Balaban J connectivity index is 1.74. The molecule has 1 fully saturated rings. The summed E-state index contributed by atoms with van der Waals surface area (Å²) in [4.78, 5) is 50.3. The maximum Gasteiger partial charge on any atom is 0.326 e. The van der Waals surface area contributed by atoms with Crippen LogP contribution in [0.1, 0.15) is 26.3 Å². The fraction of sp³-hybridized carbons (Fsp3) is 0.280. The molecule has 0 saturated carbocycles. The van der Waals surface area contributed by atoms with Crippen LogP contribution in [0.5, 0.6) is 11.5 Å². The Kier molecular flexibility index (Phi) is 9.76. The van der Waals surface area contributed by atoms with Gasteiger partial charge in [-0.2, -0.15) is 0 Å². The van der Waals surface area contributed by atoms with Gasteiger partial charge < -0.3 is 19.5 Å². The van der Waals surface area contributed by atoms with Crippen molar-refractivity contribution in [3.05, 3.63) is 56.5 Å². The first-order valence-electron chi connectivity index (χ1n) is 11.1. The molecule has 11 heteroatoms. The fourth-order valence-corrected chi connectivity index (χ4v) is 4.77. The van der Waals surface area contributed by atoms with Crippen LogP contribution in [0.25, 0.3) is 6.08 Å². The molecule has 0 atom stereocenters. The summed E-state index contributed by atoms with van der Waals surface area (Å²) in [5, 5.41) is 2.21. The van der Waals surface area contributed by atoms with E-state index in [4.69, 9.17) is 14.2 Å². The molecule has 0 bridgehead atoms. The summed E-state index contributed by atoms with van der Waals surface area (Å²) in [5.74, 6) is -0.769. The van der Waals surface area contributed by atoms with Gasteiger partial charge in [0, 0.05) is 5.69 Å². The van der Waals surface area contributed by atoms with Crippen molar-refractivity contribution in [1.82, 2.24) is 4.90 Å². The molecule has 9 nitrogen and oxygen atoms in total. The molecule has 190 valence electrons. The summed E-state index contributed by atoms with van der Waals surface area (Å²) in [6, 6.07) is 12.4. The van der Waals surface area contributed by atoms with Crippen molar-refractivity contribution >= 4 is 69.1 Å². The molecule has 0 aliphatic carbocycles. The first-order chi connectivity index (χ1) is 17.2. The van der Waals surface area contributed by atoms with E-state index in [2.05, 4.69) is 27.9 Å². The van der Waals surface area contributed by atoms with Crippen LogP contribution in [-0.4, -0.2) is 53.8 Å². The van der Waals surface area contributed by atoms with Gasteiger partial charge in [0.1, 0.15) is 6.54 Å². The summed E-state index contributed by atoms with van der Waals surface area (Å²) >= 11 is 2.80. The number of hydrogen-bond donors (Lipinski definition) is 1. The van der Waals surface area contributed by atoms with Crippen molar-refractivity contribution in [2.75, 3.05) is 25.1 Å². The van der Waals surface area contributed by atoms with Crippen LogP contribution < -0.4 is 14.8 Å². The van der Waals surface area contributed by atoms with Gasteiger partial charge in [-0.3, -0.25) is 24.1 Å². The molecule has 1 saturated heterocycles. The number of carbonyl (C=O) groups is 4. The molecule has 1 heterocycles. The molecule has 1 aliphatic rings. The van der Waals surface area contributed by atoms with Gasteiger partial charge in [0.25, 0.3) is 17.1 Å². The molecule has 3 rings (SSSR count). The topological polar surface area (TPSA) is 111 Å². The summed E-state index contributed by atoms with van der Waals surface area (Å²) in [5.41, 5.74) is 1.26. The van der Waals surface area contributed by atoms with E-state index in [0.717, 1.165) is 16.7 Å². The zero-order valence-corrected chi connectivity index (χ0v) is 22.9. The maximum absolute atomic E-state index is 12.7. The van der Waals surface area contributed by atoms with Gasteiger partial charge in [-0.1, -0.05) is 18.2 Å². The number of hydrogen-bond acceptors (Lipinski definition) is 8. The number of benzene rings is 2. The summed E-state index contributed by atoms with van der Waals surface area (Å²) in [6.45, 7) is 4.86. The molecular weight excluding hydrogens is 599 g/mol. The first-order valence-corrected chi connectivity index (χ1v) is 13.0. The third kappa shape index (κ3) is 7.47. The van der Waals surface area contributed by atoms with Crippen molar-refractivity contribution in [3.8, 4) is 11.5 Å². The van der Waals surface area contributed by atoms with Crippen LogP contribution in [-0.2, 0) is 19.1 Å². The number of para-hydroxylation sites is 1. The number of amides is 3. The lowest BCUT2D eigenvalue weighted by molar-refractivity contribution is -0.149. The van der Waals surface area contributed by atoms with Crippen molar-refractivity contribution in [2.24, 2.45) is 0 Å². The normalized spacial score (nSPS) is 14.4. The maximum atomic E-state index is 12.7. The minimum absolute atomic E-state index is 0.173. The fourth-order valence-electron chi connectivity index (χ4n) is 3.15. The molecule has 2 aromatic rings. The van der Waals surface area contributed by atoms with Crippen molar-refractivity contribution in [2.45, 2.75) is 26.9 Å². The average molecular weight is 624 g/mol. The number of nitrogens with zero attached hydrogens (tertiary/aromatic N) is 1. The van der Waals surface area contributed by atoms with Crippen LogP contribution in [0.3, 0.4) is 0 Å². The molecule has 1 N–H and O–H groups in total. The number of anilines is 1. The number of nitrogens with one attached hydrogen (secondary N) is 1. The number of rotatable bonds is 10. The summed E-state index contributed by atoms with van der Waals surface area (Å²) in [7, 11) is 0. The number of thioether (sulfide) groups is 1. The van der Waals surface area contributed by atoms with E-state index in [1.54, 1.807) is 44.2 Å². The Morgan fingerprint density at radius 1 is 1.14 bits per heavy atom. The van der Waals surface area contributed by atoms with Gasteiger partial charge in [-0.05, 0) is 91.0 Å². The predicted octanol–water partition coefficient (Wildman–Crippen LogP) is 4.70. The van der Waals surface area contributed by atoms with Gasteiger partial charge in [0.05, 0.1) is 21.2 Å². The highest BCUT2D eigenvalue weighted by atomic mass is 127. The van der Waals surface area contributed by atoms with Crippen molar-refractivity contribution in [1.29, 1.82) is 0 Å². The number of imide groups is 1. The van der Waals surface area contributed by atoms with Gasteiger partial charge in [-0.15, -0.1) is 0 Å². The van der Waals surface area contributed by atoms with Crippen molar-refractivity contribution < 1.29 is 33.4 Å². The van der Waals surface area contributed by atoms with Gasteiger partial charge in [0.2, 0.25) is 0 Å². The van der Waals surface area contributed by atoms with Crippen LogP contribution in [0.15, 0.2) is 47.4 Å². The second-order valence-electron chi connectivity index (χ2n) is 7.77. The van der Waals surface area contributed by atoms with Crippen LogP contribution >= 0.6 is 34.4 Å². The number of esters is 1. The molecule has 0 radical (unpaired) electrons. The van der Waals surface area contributed by atoms with E-state index < -0.39 is 23.7 Å². The quantitative estimate of drug-likeness (QED) is 0.230. The van der Waals surface area contributed by atoms with E-state index in [9.17, 15) is 19.2 Å². The van der Waals surface area contributed by atoms with E-state index >= 15 is 0 Å². The predicted molar refractivity (Wildman–Crippen MR) is 145 cm³/mol. The second kappa shape index (κ2) is 12.8. The van der Waals surface area contributed by atoms with E-state index in [0.29, 0.717) is 32.9 Å². The Bertz CT molecular complexity index is 1180. The molecule has 0 unspecified atom stereocenters. The highest BCUT2D eigenvalue weighted by Gasteiger charge is 2.37. The van der Waals surface area contributed by atoms with Crippen LogP contribution in [0.4, 0.5) is 10.5 Å².